The quantitative estimate of drug-likeness (QED) is 0.538. The minimum Gasteiger partial charge on any atom is -0.293 e. The van der Waals surface area contributed by atoms with E-state index in [4.69, 9.17) is 11.6 Å². The Morgan fingerprint density at radius 2 is 2.50 bits per heavy atom. The molecule has 0 aliphatic heterocycles. The van der Waals surface area contributed by atoms with Crippen LogP contribution in [0.5, 0.6) is 0 Å². The van der Waals surface area contributed by atoms with E-state index < -0.39 is 0 Å². The van der Waals surface area contributed by atoms with E-state index in [1.807, 2.05) is 0 Å². The first kappa shape index (κ1) is 7.50. The van der Waals surface area contributed by atoms with Crippen LogP contribution in [-0.4, -0.2) is 16.0 Å². The number of Topliss-reactive ketones (excluding diaryl/α,β-unsaturated/α-hetero) is 1. The number of hydrogen-bond acceptors (Lipinski definition) is 3. The number of alkyl halides is 1. The highest BCUT2D eigenvalue weighted by atomic mass is 35.5. The van der Waals surface area contributed by atoms with Gasteiger partial charge >= 0.3 is 0 Å². The Morgan fingerprint density at radius 1 is 1.80 bits per heavy atom. The molecule has 1 aromatic rings. The molecule has 0 radical (unpaired) electrons. The molecule has 1 heterocycles. The number of aromatic nitrogens is 1. The predicted molar refractivity (Wildman–Crippen MR) is 40.0 cm³/mol. The summed E-state index contributed by atoms with van der Waals surface area (Å²) in [7, 11) is 0. The number of rotatable bonds is 2. The molecule has 0 atom stereocenters. The number of carbonyl (C=O) groups is 1. The molecule has 0 spiro atoms. The standard InChI is InChI=1S/C5H4ClNO2S/c6-1-4(8)3-2-10-7-5(3)9/h2H,1H2,(H,7,9). The fourth-order valence-corrected chi connectivity index (χ4v) is 1.29. The van der Waals surface area contributed by atoms with Crippen LogP contribution in [0.15, 0.2) is 10.2 Å². The van der Waals surface area contributed by atoms with Gasteiger partial charge in [-0.25, -0.2) is 0 Å². The highest BCUT2D eigenvalue weighted by molar-refractivity contribution is 7.03. The third-order valence-corrected chi connectivity index (χ3v) is 1.89. The summed E-state index contributed by atoms with van der Waals surface area (Å²) in [6.45, 7) is 0. The summed E-state index contributed by atoms with van der Waals surface area (Å²) in [6, 6.07) is 0. The van der Waals surface area contributed by atoms with Gasteiger partial charge in [0.2, 0.25) is 0 Å². The fourth-order valence-electron chi connectivity index (χ4n) is 0.515. The lowest BCUT2D eigenvalue weighted by atomic mass is 10.3. The topological polar surface area (TPSA) is 49.9 Å². The molecular formula is C5H4ClNO2S. The smallest absolute Gasteiger partial charge is 0.268 e. The Balaban J connectivity index is 3.05. The molecular weight excluding hydrogens is 174 g/mol. The number of halogens is 1. The second-order valence-corrected chi connectivity index (χ2v) is 2.58. The first-order chi connectivity index (χ1) is 4.75. The lowest BCUT2D eigenvalue weighted by molar-refractivity contribution is 0.102. The van der Waals surface area contributed by atoms with Crippen LogP contribution in [0.25, 0.3) is 0 Å². The second kappa shape index (κ2) is 2.98. The van der Waals surface area contributed by atoms with Crippen molar-refractivity contribution in [3.63, 3.8) is 0 Å². The molecule has 1 N–H and O–H groups in total. The molecule has 0 saturated carbocycles. The minimum atomic E-state index is -0.351. The van der Waals surface area contributed by atoms with Crippen LogP contribution in [0.2, 0.25) is 0 Å². The van der Waals surface area contributed by atoms with Gasteiger partial charge in [-0.3, -0.25) is 14.0 Å². The van der Waals surface area contributed by atoms with Crippen molar-refractivity contribution in [3.8, 4) is 0 Å². The zero-order valence-corrected chi connectivity index (χ0v) is 6.46. The van der Waals surface area contributed by atoms with E-state index in [9.17, 15) is 9.59 Å². The molecule has 0 saturated heterocycles. The lowest BCUT2D eigenvalue weighted by Gasteiger charge is -1.83. The van der Waals surface area contributed by atoms with Crippen molar-refractivity contribution in [1.29, 1.82) is 0 Å². The van der Waals surface area contributed by atoms with Crippen LogP contribution < -0.4 is 5.56 Å². The molecule has 0 fully saturated rings. The van der Waals surface area contributed by atoms with Crippen LogP contribution in [0.1, 0.15) is 10.4 Å². The maximum absolute atomic E-state index is 10.8. The third-order valence-electron chi connectivity index (χ3n) is 0.995. The van der Waals surface area contributed by atoms with Gasteiger partial charge in [0.15, 0.2) is 5.78 Å². The summed E-state index contributed by atoms with van der Waals surface area (Å²) in [6.07, 6.45) is 0. The van der Waals surface area contributed by atoms with Crippen LogP contribution >= 0.6 is 23.1 Å². The second-order valence-electron chi connectivity index (χ2n) is 1.64. The van der Waals surface area contributed by atoms with Crippen LogP contribution in [0.3, 0.4) is 0 Å². The van der Waals surface area contributed by atoms with E-state index in [0.29, 0.717) is 0 Å². The van der Waals surface area contributed by atoms with Crippen molar-refractivity contribution in [3.05, 3.63) is 21.3 Å². The molecule has 0 aliphatic carbocycles. The molecule has 5 heteroatoms. The summed E-state index contributed by atoms with van der Waals surface area (Å²) in [5, 5.41) is 1.47. The number of hydrogen-bond donors (Lipinski definition) is 1. The van der Waals surface area contributed by atoms with E-state index in [-0.39, 0.29) is 22.8 Å². The van der Waals surface area contributed by atoms with E-state index in [1.54, 1.807) is 0 Å². The monoisotopic (exact) mass is 177 g/mol. The van der Waals surface area contributed by atoms with Crippen LogP contribution in [0.4, 0.5) is 0 Å². The summed E-state index contributed by atoms with van der Waals surface area (Å²) < 4.78 is 2.39. The summed E-state index contributed by atoms with van der Waals surface area (Å²) >= 11 is 6.31. The van der Waals surface area contributed by atoms with Crippen LogP contribution in [-0.2, 0) is 0 Å². The fraction of sp³-hybridized carbons (Fsp3) is 0.200. The van der Waals surface area contributed by atoms with Crippen molar-refractivity contribution in [2.45, 2.75) is 0 Å². The van der Waals surface area contributed by atoms with E-state index in [0.717, 1.165) is 11.5 Å². The van der Waals surface area contributed by atoms with Gasteiger partial charge in [-0.05, 0) is 0 Å². The third kappa shape index (κ3) is 1.27. The predicted octanol–water partition coefficient (Wildman–Crippen LogP) is 0.858. The first-order valence-electron chi connectivity index (χ1n) is 2.51. The SMILES string of the molecule is O=C(CCl)c1cs[nH]c1=O. The highest BCUT2D eigenvalue weighted by Gasteiger charge is 2.08. The Bertz CT molecular complexity index is 290. The largest absolute Gasteiger partial charge is 0.293 e. The van der Waals surface area contributed by atoms with E-state index >= 15 is 0 Å². The van der Waals surface area contributed by atoms with Crippen molar-refractivity contribution in [2.24, 2.45) is 0 Å². The molecule has 1 rings (SSSR count). The number of aromatic amines is 1. The first-order valence-corrected chi connectivity index (χ1v) is 3.92. The zero-order chi connectivity index (χ0) is 7.56. The maximum Gasteiger partial charge on any atom is 0.268 e. The number of ketones is 1. The van der Waals surface area contributed by atoms with Crippen molar-refractivity contribution in [1.82, 2.24) is 4.37 Å². The molecule has 0 bridgehead atoms. The van der Waals surface area contributed by atoms with Gasteiger partial charge in [-0.15, -0.1) is 11.6 Å². The summed E-state index contributed by atoms with van der Waals surface area (Å²) in [5.41, 5.74) is -0.198. The average molecular weight is 178 g/mol. The number of carbonyl (C=O) groups excluding carboxylic acids is 1. The number of H-pyrrole nitrogens is 1. The van der Waals surface area contributed by atoms with E-state index in [2.05, 4.69) is 4.37 Å². The van der Waals surface area contributed by atoms with Crippen molar-refractivity contribution < 1.29 is 4.79 Å². The van der Waals surface area contributed by atoms with Gasteiger partial charge in [-0.1, -0.05) is 11.5 Å². The summed E-state index contributed by atoms with van der Waals surface area (Å²) in [5.74, 6) is -0.469. The molecule has 0 amide bonds. The molecule has 0 aliphatic rings. The maximum atomic E-state index is 10.8. The Labute approximate surface area is 65.8 Å². The summed E-state index contributed by atoms with van der Waals surface area (Å²) in [4.78, 5) is 21.4. The normalized spacial score (nSPS) is 9.70. The van der Waals surface area contributed by atoms with Crippen LogP contribution in [0, 0.1) is 0 Å². The van der Waals surface area contributed by atoms with Gasteiger partial charge in [0, 0.05) is 5.38 Å². The van der Waals surface area contributed by atoms with Gasteiger partial charge in [0.25, 0.3) is 5.56 Å². The molecule has 54 valence electrons. The Kier molecular flexibility index (Phi) is 2.24. The van der Waals surface area contributed by atoms with Crippen molar-refractivity contribution >= 4 is 28.9 Å². The highest BCUT2D eigenvalue weighted by Crippen LogP contribution is 1.97. The van der Waals surface area contributed by atoms with E-state index in [1.165, 1.54) is 5.38 Å². The van der Waals surface area contributed by atoms with Gasteiger partial charge in [-0.2, -0.15) is 0 Å². The molecule has 1 aromatic heterocycles. The molecule has 10 heavy (non-hydrogen) atoms. The average Bonchev–Trinajstić information content (AvgIpc) is 2.34. The Hall–Kier alpha value is -0.610. The molecule has 0 aromatic carbocycles. The van der Waals surface area contributed by atoms with Gasteiger partial charge in [0.05, 0.1) is 11.4 Å². The Morgan fingerprint density at radius 3 is 2.90 bits per heavy atom. The minimum absolute atomic E-state index is 0.139. The molecule has 3 nitrogen and oxygen atoms in total. The van der Waals surface area contributed by atoms with Gasteiger partial charge in [0.1, 0.15) is 0 Å². The molecule has 0 unspecified atom stereocenters. The number of nitrogens with one attached hydrogen (secondary N) is 1. The van der Waals surface area contributed by atoms with Gasteiger partial charge < -0.3 is 0 Å². The van der Waals surface area contributed by atoms with Crippen molar-refractivity contribution in [2.75, 3.05) is 5.88 Å². The zero-order valence-electron chi connectivity index (χ0n) is 4.89. The lowest BCUT2D eigenvalue weighted by Crippen LogP contribution is -2.12.